The summed E-state index contributed by atoms with van der Waals surface area (Å²) in [7, 11) is 0. The third-order valence-electron chi connectivity index (χ3n) is 2.10. The lowest BCUT2D eigenvalue weighted by Crippen LogP contribution is -2.08. The highest BCUT2D eigenvalue weighted by molar-refractivity contribution is 7.12. The van der Waals surface area contributed by atoms with Crippen molar-refractivity contribution in [2.45, 2.75) is 38.2 Å². The number of alkyl halides is 4. The largest absolute Gasteiger partial charge is 0.389 e. The summed E-state index contributed by atoms with van der Waals surface area (Å²) in [6.45, 7) is 3.81. The molecule has 0 nitrogen and oxygen atoms in total. The van der Waals surface area contributed by atoms with E-state index in [9.17, 15) is 13.2 Å². The monoisotopic (exact) mass is 256 g/mol. The summed E-state index contributed by atoms with van der Waals surface area (Å²) in [5.41, 5.74) is 0.836. The summed E-state index contributed by atoms with van der Waals surface area (Å²) >= 11 is 7.50. The van der Waals surface area contributed by atoms with Gasteiger partial charge in [-0.1, -0.05) is 0 Å². The Morgan fingerprint density at radius 1 is 1.40 bits per heavy atom. The number of halogens is 4. The van der Waals surface area contributed by atoms with E-state index >= 15 is 0 Å². The molecule has 1 heterocycles. The molecule has 15 heavy (non-hydrogen) atoms. The third-order valence-corrected chi connectivity index (χ3v) is 3.53. The molecule has 0 saturated carbocycles. The second kappa shape index (κ2) is 4.74. The number of hydrogen-bond acceptors (Lipinski definition) is 1. The van der Waals surface area contributed by atoms with Crippen LogP contribution in [0.15, 0.2) is 6.07 Å². The Balaban J connectivity index is 2.61. The van der Waals surface area contributed by atoms with Crippen LogP contribution >= 0.6 is 22.9 Å². The molecule has 0 aromatic carbocycles. The van der Waals surface area contributed by atoms with Crippen LogP contribution < -0.4 is 0 Å². The van der Waals surface area contributed by atoms with E-state index in [-0.39, 0.29) is 6.42 Å². The summed E-state index contributed by atoms with van der Waals surface area (Å²) in [4.78, 5) is 2.09. The third kappa shape index (κ3) is 4.03. The van der Waals surface area contributed by atoms with E-state index in [1.165, 1.54) is 0 Å². The zero-order chi connectivity index (χ0) is 11.6. The molecule has 1 rings (SSSR count). The van der Waals surface area contributed by atoms with Gasteiger partial charge in [0.05, 0.1) is 5.38 Å². The molecule has 0 aliphatic carbocycles. The first kappa shape index (κ1) is 12.8. The summed E-state index contributed by atoms with van der Waals surface area (Å²) in [6, 6.07) is 1.87. The van der Waals surface area contributed by atoms with Crippen molar-refractivity contribution >= 4 is 22.9 Å². The van der Waals surface area contributed by atoms with Gasteiger partial charge in [0, 0.05) is 16.2 Å². The summed E-state index contributed by atoms with van der Waals surface area (Å²) < 4.78 is 35.9. The number of thiophene rings is 1. The maximum Gasteiger partial charge on any atom is 0.389 e. The molecule has 1 aromatic rings. The van der Waals surface area contributed by atoms with Crippen molar-refractivity contribution in [1.82, 2.24) is 0 Å². The molecule has 0 fully saturated rings. The fraction of sp³-hybridized carbons (Fsp3) is 0.600. The molecule has 0 aliphatic heterocycles. The highest BCUT2D eigenvalue weighted by Crippen LogP contribution is 2.35. The fourth-order valence-electron chi connectivity index (χ4n) is 1.41. The van der Waals surface area contributed by atoms with Crippen molar-refractivity contribution in [2.24, 2.45) is 0 Å². The van der Waals surface area contributed by atoms with Crippen LogP contribution in [0.3, 0.4) is 0 Å². The van der Waals surface area contributed by atoms with Gasteiger partial charge in [-0.2, -0.15) is 13.2 Å². The Hall–Kier alpha value is -0.220. The Labute approximate surface area is 96.1 Å². The molecular formula is C10H12ClF3S. The highest BCUT2D eigenvalue weighted by Gasteiger charge is 2.28. The molecule has 5 heteroatoms. The zero-order valence-corrected chi connectivity index (χ0v) is 10.1. The molecule has 0 N–H and O–H groups in total. The highest BCUT2D eigenvalue weighted by atomic mass is 35.5. The molecule has 0 amide bonds. The summed E-state index contributed by atoms with van der Waals surface area (Å²) in [5, 5.41) is -0.531. The maximum atomic E-state index is 12.0. The average Bonchev–Trinajstić information content (AvgIpc) is 2.40. The first-order chi connectivity index (χ1) is 6.79. The number of aryl methyl sites for hydroxylation is 2. The Morgan fingerprint density at radius 2 is 2.00 bits per heavy atom. The molecule has 1 unspecified atom stereocenters. The Bertz CT molecular complexity index is 330. The van der Waals surface area contributed by atoms with Gasteiger partial charge >= 0.3 is 6.18 Å². The fourth-order valence-corrected chi connectivity index (χ4v) is 2.80. The average molecular weight is 257 g/mol. The van der Waals surface area contributed by atoms with Crippen LogP contribution in [0.5, 0.6) is 0 Å². The van der Waals surface area contributed by atoms with E-state index in [2.05, 4.69) is 0 Å². The van der Waals surface area contributed by atoms with Crippen molar-refractivity contribution in [1.29, 1.82) is 0 Å². The van der Waals surface area contributed by atoms with Crippen LogP contribution in [-0.4, -0.2) is 6.18 Å². The minimum Gasteiger partial charge on any atom is -0.171 e. The van der Waals surface area contributed by atoms with Crippen molar-refractivity contribution in [3.63, 3.8) is 0 Å². The van der Waals surface area contributed by atoms with E-state index in [4.69, 9.17) is 11.6 Å². The first-order valence-electron chi connectivity index (χ1n) is 4.57. The van der Waals surface area contributed by atoms with Gasteiger partial charge in [0.15, 0.2) is 0 Å². The van der Waals surface area contributed by atoms with E-state index in [1.807, 2.05) is 19.9 Å². The van der Waals surface area contributed by atoms with Gasteiger partial charge < -0.3 is 0 Å². The lowest BCUT2D eigenvalue weighted by Gasteiger charge is -2.11. The molecular weight excluding hydrogens is 245 g/mol. The van der Waals surface area contributed by atoms with E-state index in [0.717, 1.165) is 15.3 Å². The minimum atomic E-state index is -4.12. The smallest absolute Gasteiger partial charge is 0.171 e. The van der Waals surface area contributed by atoms with Crippen LogP contribution in [0.25, 0.3) is 0 Å². The lowest BCUT2D eigenvalue weighted by atomic mass is 10.1. The molecule has 0 aliphatic rings. The topological polar surface area (TPSA) is 0 Å². The Kier molecular flexibility index (Phi) is 4.06. The van der Waals surface area contributed by atoms with Crippen LogP contribution in [0.2, 0.25) is 0 Å². The van der Waals surface area contributed by atoms with E-state index in [0.29, 0.717) is 0 Å². The SMILES string of the molecule is Cc1cc(C(Cl)CCC(F)(F)F)c(C)s1. The molecule has 0 bridgehead atoms. The van der Waals surface area contributed by atoms with Gasteiger partial charge in [-0.15, -0.1) is 22.9 Å². The predicted octanol–water partition coefficient (Wildman–Crippen LogP) is 4.99. The van der Waals surface area contributed by atoms with Gasteiger partial charge in [0.1, 0.15) is 0 Å². The van der Waals surface area contributed by atoms with Crippen molar-refractivity contribution in [3.05, 3.63) is 21.4 Å². The number of hydrogen-bond donors (Lipinski definition) is 0. The molecule has 0 radical (unpaired) electrons. The van der Waals surface area contributed by atoms with Gasteiger partial charge in [0.2, 0.25) is 0 Å². The lowest BCUT2D eigenvalue weighted by molar-refractivity contribution is -0.135. The van der Waals surface area contributed by atoms with Gasteiger partial charge in [-0.25, -0.2) is 0 Å². The van der Waals surface area contributed by atoms with Crippen LogP contribution in [0.1, 0.15) is 33.5 Å². The predicted molar refractivity (Wildman–Crippen MR) is 57.7 cm³/mol. The molecule has 0 spiro atoms. The van der Waals surface area contributed by atoms with E-state index in [1.54, 1.807) is 11.3 Å². The minimum absolute atomic E-state index is 0.0535. The van der Waals surface area contributed by atoms with Gasteiger partial charge in [-0.3, -0.25) is 0 Å². The van der Waals surface area contributed by atoms with Crippen LogP contribution in [-0.2, 0) is 0 Å². The van der Waals surface area contributed by atoms with E-state index < -0.39 is 18.0 Å². The van der Waals surface area contributed by atoms with Crippen molar-refractivity contribution in [2.75, 3.05) is 0 Å². The summed E-state index contributed by atoms with van der Waals surface area (Å²) in [6.07, 6.45) is -5.00. The molecule has 1 atom stereocenters. The maximum absolute atomic E-state index is 12.0. The van der Waals surface area contributed by atoms with Gasteiger partial charge in [0.25, 0.3) is 0 Å². The van der Waals surface area contributed by atoms with Gasteiger partial charge in [-0.05, 0) is 31.9 Å². The zero-order valence-electron chi connectivity index (χ0n) is 8.49. The molecule has 1 aromatic heterocycles. The Morgan fingerprint density at radius 3 is 2.40 bits per heavy atom. The van der Waals surface area contributed by atoms with Crippen LogP contribution in [0.4, 0.5) is 13.2 Å². The standard InChI is InChI=1S/C10H12ClF3S/c1-6-5-8(7(2)15-6)9(11)3-4-10(12,13)14/h5,9H,3-4H2,1-2H3. The molecule has 0 saturated heterocycles. The summed E-state index contributed by atoms with van der Waals surface area (Å²) in [5.74, 6) is 0. The molecule has 86 valence electrons. The normalized spacial score (nSPS) is 14.3. The first-order valence-corrected chi connectivity index (χ1v) is 5.82. The number of rotatable bonds is 3. The second-order valence-electron chi connectivity index (χ2n) is 3.49. The van der Waals surface area contributed by atoms with Crippen molar-refractivity contribution in [3.8, 4) is 0 Å². The quantitative estimate of drug-likeness (QED) is 0.669. The van der Waals surface area contributed by atoms with Crippen LogP contribution in [0, 0.1) is 13.8 Å². The second-order valence-corrected chi connectivity index (χ2v) is 5.48. The van der Waals surface area contributed by atoms with Crippen molar-refractivity contribution < 1.29 is 13.2 Å².